The molecule has 3 fully saturated rings. The second-order valence-electron chi connectivity index (χ2n) is 7.65. The van der Waals surface area contributed by atoms with Crippen LogP contribution in [0, 0.1) is 6.92 Å². The molecule has 0 N–H and O–H groups in total. The molecule has 0 aliphatic carbocycles. The zero-order valence-electron chi connectivity index (χ0n) is 15.2. The second kappa shape index (κ2) is 7.76. The Balaban J connectivity index is 1.35. The lowest BCUT2D eigenvalue weighted by Gasteiger charge is -2.33. The Morgan fingerprint density at radius 2 is 1.88 bits per heavy atom. The summed E-state index contributed by atoms with van der Waals surface area (Å²) < 4.78 is 23.7. The highest BCUT2D eigenvalue weighted by Crippen LogP contribution is 2.34. The maximum atomic E-state index is 6.57. The SMILES string of the molecule is Cc1ccc(CN2CCOC[C@@]3(CC[C@@H](CN4CCOCC4)O3)C2)o1. The first kappa shape index (κ1) is 17.5. The lowest BCUT2D eigenvalue weighted by Crippen LogP contribution is -2.46. The highest BCUT2D eigenvalue weighted by atomic mass is 16.6. The fourth-order valence-corrected chi connectivity index (χ4v) is 4.23. The van der Waals surface area contributed by atoms with Gasteiger partial charge in [0.2, 0.25) is 0 Å². The summed E-state index contributed by atoms with van der Waals surface area (Å²) in [4.78, 5) is 4.89. The molecule has 140 valence electrons. The standard InChI is InChI=1S/C19H30N2O4/c1-16-2-3-17(24-16)12-21-8-11-23-15-19(14-21)5-4-18(25-19)13-20-6-9-22-10-7-20/h2-3,18H,4-15H2,1H3/t18-,19+/m0/s1. The Kier molecular flexibility index (Phi) is 5.43. The summed E-state index contributed by atoms with van der Waals surface area (Å²) in [7, 11) is 0. The first-order valence-electron chi connectivity index (χ1n) is 9.54. The molecule has 3 aliphatic rings. The molecule has 3 saturated heterocycles. The van der Waals surface area contributed by atoms with Crippen LogP contribution in [0.4, 0.5) is 0 Å². The van der Waals surface area contributed by atoms with Crippen LogP contribution in [0.2, 0.25) is 0 Å². The first-order valence-corrected chi connectivity index (χ1v) is 9.54. The molecule has 1 spiro atoms. The number of ether oxygens (including phenoxy) is 3. The Morgan fingerprint density at radius 3 is 2.68 bits per heavy atom. The average molecular weight is 350 g/mol. The van der Waals surface area contributed by atoms with Crippen molar-refractivity contribution >= 4 is 0 Å². The van der Waals surface area contributed by atoms with Gasteiger partial charge in [-0.05, 0) is 31.9 Å². The fourth-order valence-electron chi connectivity index (χ4n) is 4.23. The minimum atomic E-state index is -0.158. The van der Waals surface area contributed by atoms with Gasteiger partial charge in [0, 0.05) is 32.7 Å². The third-order valence-electron chi connectivity index (χ3n) is 5.51. The first-order chi connectivity index (χ1) is 12.2. The van der Waals surface area contributed by atoms with E-state index in [1.165, 1.54) is 0 Å². The van der Waals surface area contributed by atoms with Gasteiger partial charge in [0.05, 0.1) is 39.1 Å². The Labute approximate surface area is 150 Å². The molecule has 0 bridgehead atoms. The highest BCUT2D eigenvalue weighted by molar-refractivity contribution is 5.06. The smallest absolute Gasteiger partial charge is 0.118 e. The van der Waals surface area contributed by atoms with Crippen LogP contribution in [0.5, 0.6) is 0 Å². The van der Waals surface area contributed by atoms with E-state index in [2.05, 4.69) is 15.9 Å². The lowest BCUT2D eigenvalue weighted by molar-refractivity contribution is -0.0969. The van der Waals surface area contributed by atoms with Crippen LogP contribution in [-0.4, -0.2) is 80.7 Å². The van der Waals surface area contributed by atoms with E-state index in [-0.39, 0.29) is 5.60 Å². The molecule has 0 saturated carbocycles. The van der Waals surface area contributed by atoms with Crippen LogP contribution in [0.1, 0.15) is 24.4 Å². The van der Waals surface area contributed by atoms with Gasteiger partial charge < -0.3 is 18.6 Å². The predicted octanol–water partition coefficient (Wildman–Crippen LogP) is 1.67. The molecular weight excluding hydrogens is 320 g/mol. The van der Waals surface area contributed by atoms with Crippen LogP contribution in [0.15, 0.2) is 16.5 Å². The van der Waals surface area contributed by atoms with Gasteiger partial charge in [0.1, 0.15) is 17.1 Å². The van der Waals surface area contributed by atoms with Gasteiger partial charge in [-0.15, -0.1) is 0 Å². The van der Waals surface area contributed by atoms with Gasteiger partial charge in [-0.2, -0.15) is 0 Å². The molecule has 0 radical (unpaired) electrons. The van der Waals surface area contributed by atoms with Crippen molar-refractivity contribution in [2.75, 3.05) is 59.2 Å². The van der Waals surface area contributed by atoms with Crippen molar-refractivity contribution in [3.63, 3.8) is 0 Å². The number of rotatable bonds is 4. The molecule has 3 aliphatic heterocycles. The maximum absolute atomic E-state index is 6.57. The van der Waals surface area contributed by atoms with E-state index < -0.39 is 0 Å². The molecule has 25 heavy (non-hydrogen) atoms. The van der Waals surface area contributed by atoms with E-state index in [1.54, 1.807) is 0 Å². The molecule has 6 nitrogen and oxygen atoms in total. The maximum Gasteiger partial charge on any atom is 0.118 e. The van der Waals surface area contributed by atoms with Crippen LogP contribution in [0.3, 0.4) is 0 Å². The van der Waals surface area contributed by atoms with Crippen molar-refractivity contribution in [2.24, 2.45) is 0 Å². The molecule has 4 rings (SSSR count). The molecule has 4 heterocycles. The molecule has 2 atom stereocenters. The lowest BCUT2D eigenvalue weighted by atomic mass is 10.00. The molecule has 0 aromatic carbocycles. The van der Waals surface area contributed by atoms with Gasteiger partial charge >= 0.3 is 0 Å². The van der Waals surface area contributed by atoms with Crippen molar-refractivity contribution in [2.45, 2.75) is 38.0 Å². The monoisotopic (exact) mass is 350 g/mol. The van der Waals surface area contributed by atoms with Gasteiger partial charge in [0.25, 0.3) is 0 Å². The number of hydrogen-bond donors (Lipinski definition) is 0. The normalized spacial score (nSPS) is 32.3. The number of morpholine rings is 1. The van der Waals surface area contributed by atoms with E-state index in [0.717, 1.165) is 83.5 Å². The van der Waals surface area contributed by atoms with E-state index >= 15 is 0 Å². The molecule has 0 amide bonds. The van der Waals surface area contributed by atoms with Gasteiger partial charge in [-0.25, -0.2) is 0 Å². The van der Waals surface area contributed by atoms with E-state index in [9.17, 15) is 0 Å². The van der Waals surface area contributed by atoms with Crippen LogP contribution in [-0.2, 0) is 20.8 Å². The van der Waals surface area contributed by atoms with E-state index in [4.69, 9.17) is 18.6 Å². The van der Waals surface area contributed by atoms with Crippen LogP contribution < -0.4 is 0 Å². The van der Waals surface area contributed by atoms with Gasteiger partial charge in [0.15, 0.2) is 0 Å². The van der Waals surface area contributed by atoms with Crippen molar-refractivity contribution in [3.8, 4) is 0 Å². The van der Waals surface area contributed by atoms with Crippen molar-refractivity contribution in [3.05, 3.63) is 23.7 Å². The second-order valence-corrected chi connectivity index (χ2v) is 7.65. The quantitative estimate of drug-likeness (QED) is 0.823. The molecular formula is C19H30N2O4. The average Bonchev–Trinajstić information content (AvgIpc) is 3.12. The van der Waals surface area contributed by atoms with Crippen molar-refractivity contribution < 1.29 is 18.6 Å². The molecule has 1 aromatic heterocycles. The predicted molar refractivity (Wildman–Crippen MR) is 93.6 cm³/mol. The summed E-state index contributed by atoms with van der Waals surface area (Å²) in [5, 5.41) is 0. The van der Waals surface area contributed by atoms with Crippen molar-refractivity contribution in [1.82, 2.24) is 9.80 Å². The molecule has 6 heteroatoms. The number of hydrogen-bond acceptors (Lipinski definition) is 6. The van der Waals surface area contributed by atoms with Crippen LogP contribution in [0.25, 0.3) is 0 Å². The van der Waals surface area contributed by atoms with Gasteiger partial charge in [-0.1, -0.05) is 0 Å². The number of nitrogens with zero attached hydrogens (tertiary/aromatic N) is 2. The van der Waals surface area contributed by atoms with Crippen molar-refractivity contribution in [1.29, 1.82) is 0 Å². The van der Waals surface area contributed by atoms with E-state index in [0.29, 0.717) is 12.7 Å². The Bertz CT molecular complexity index is 557. The Morgan fingerprint density at radius 1 is 1.08 bits per heavy atom. The Hall–Kier alpha value is -0.920. The zero-order valence-corrected chi connectivity index (χ0v) is 15.2. The number of furan rings is 1. The number of aryl methyl sites for hydroxylation is 1. The third-order valence-corrected chi connectivity index (χ3v) is 5.51. The minimum absolute atomic E-state index is 0.158. The van der Waals surface area contributed by atoms with Crippen LogP contribution >= 0.6 is 0 Å². The third kappa shape index (κ3) is 4.44. The largest absolute Gasteiger partial charge is 0.465 e. The highest BCUT2D eigenvalue weighted by Gasteiger charge is 2.43. The molecule has 0 unspecified atom stereocenters. The van der Waals surface area contributed by atoms with Gasteiger partial charge in [-0.3, -0.25) is 9.80 Å². The topological polar surface area (TPSA) is 47.3 Å². The summed E-state index contributed by atoms with van der Waals surface area (Å²) >= 11 is 0. The molecule has 1 aromatic rings. The zero-order chi connectivity index (χ0) is 17.1. The minimum Gasteiger partial charge on any atom is -0.465 e. The summed E-state index contributed by atoms with van der Waals surface area (Å²) in [5.41, 5.74) is -0.158. The summed E-state index contributed by atoms with van der Waals surface area (Å²) in [6, 6.07) is 4.11. The fraction of sp³-hybridized carbons (Fsp3) is 0.789. The summed E-state index contributed by atoms with van der Waals surface area (Å²) in [5.74, 6) is 2.00. The summed E-state index contributed by atoms with van der Waals surface area (Å²) in [6.07, 6.45) is 2.51. The summed E-state index contributed by atoms with van der Waals surface area (Å²) in [6.45, 7) is 10.9. The van der Waals surface area contributed by atoms with E-state index in [1.807, 2.05) is 13.0 Å².